The number of allylic oxidation sites excluding steroid dienone is 1. The zero-order chi connectivity index (χ0) is 17.3. The molecular weight excluding hydrogens is 315 g/mol. The second kappa shape index (κ2) is 9.16. The van der Waals surface area contributed by atoms with Gasteiger partial charge in [-0.25, -0.2) is 14.4 Å². The summed E-state index contributed by atoms with van der Waals surface area (Å²) in [4.78, 5) is 8.52. The molecule has 0 spiro atoms. The molecule has 0 saturated heterocycles. The zero-order valence-electron chi connectivity index (χ0n) is 14.5. The minimum atomic E-state index is -0.202. The quantitative estimate of drug-likeness (QED) is 0.691. The average molecular weight is 340 g/mol. The summed E-state index contributed by atoms with van der Waals surface area (Å²) in [6.07, 6.45) is 11.0. The van der Waals surface area contributed by atoms with E-state index >= 15 is 0 Å². The van der Waals surface area contributed by atoms with E-state index < -0.39 is 0 Å². The van der Waals surface area contributed by atoms with Crippen LogP contribution in [0.25, 0.3) is 0 Å². The lowest BCUT2D eigenvalue weighted by atomic mass is 9.97. The van der Waals surface area contributed by atoms with Gasteiger partial charge in [-0.1, -0.05) is 23.8 Å². The van der Waals surface area contributed by atoms with Gasteiger partial charge in [0, 0.05) is 19.2 Å². The van der Waals surface area contributed by atoms with Crippen molar-refractivity contribution >= 4 is 11.6 Å². The molecule has 0 unspecified atom stereocenters. The number of nitrogens with zero attached hydrogens (tertiary/aromatic N) is 2. The minimum absolute atomic E-state index is 0.202. The average Bonchev–Trinajstić information content (AvgIpc) is 2.65. The highest BCUT2D eigenvalue weighted by molar-refractivity contribution is 5.46. The van der Waals surface area contributed by atoms with Gasteiger partial charge in [0.15, 0.2) is 0 Å². The smallest absolute Gasteiger partial charge is 0.131 e. The van der Waals surface area contributed by atoms with Crippen molar-refractivity contribution in [3.05, 3.63) is 59.7 Å². The molecule has 3 rings (SSSR count). The summed E-state index contributed by atoms with van der Waals surface area (Å²) >= 11 is 0. The van der Waals surface area contributed by atoms with Gasteiger partial charge in [0.25, 0.3) is 0 Å². The van der Waals surface area contributed by atoms with E-state index in [1.807, 2.05) is 18.2 Å². The Morgan fingerprint density at radius 3 is 2.32 bits per heavy atom. The van der Waals surface area contributed by atoms with Gasteiger partial charge in [0.2, 0.25) is 0 Å². The molecule has 0 saturated carbocycles. The number of benzene rings is 1. The highest BCUT2D eigenvalue weighted by Gasteiger charge is 2.04. The number of aromatic nitrogens is 2. The predicted molar refractivity (Wildman–Crippen MR) is 100 cm³/mol. The summed E-state index contributed by atoms with van der Waals surface area (Å²) in [7, 11) is 0. The van der Waals surface area contributed by atoms with Gasteiger partial charge in [-0.3, -0.25) is 0 Å². The molecule has 0 radical (unpaired) electrons. The first-order valence-corrected chi connectivity index (χ1v) is 9.02. The van der Waals surface area contributed by atoms with E-state index in [4.69, 9.17) is 0 Å². The number of anilines is 2. The number of halogens is 1. The molecule has 0 atom stereocenters. The lowest BCUT2D eigenvalue weighted by Crippen LogP contribution is -2.09. The second-order valence-electron chi connectivity index (χ2n) is 6.38. The molecule has 2 N–H and O–H groups in total. The summed E-state index contributed by atoms with van der Waals surface area (Å²) in [6, 6.07) is 8.53. The van der Waals surface area contributed by atoms with Crippen LogP contribution in [0.2, 0.25) is 0 Å². The molecule has 25 heavy (non-hydrogen) atoms. The molecule has 1 aliphatic carbocycles. The van der Waals surface area contributed by atoms with Crippen LogP contribution in [0, 0.1) is 5.82 Å². The van der Waals surface area contributed by atoms with Gasteiger partial charge in [-0.05, 0) is 56.2 Å². The molecular formula is C20H25FN4. The third kappa shape index (κ3) is 5.85. The second-order valence-corrected chi connectivity index (χ2v) is 6.38. The maximum absolute atomic E-state index is 12.9. The van der Waals surface area contributed by atoms with E-state index in [1.165, 1.54) is 37.8 Å². The molecule has 1 aromatic carbocycles. The highest BCUT2D eigenvalue weighted by Crippen LogP contribution is 2.20. The fraction of sp³-hybridized carbons (Fsp3) is 0.400. The maximum Gasteiger partial charge on any atom is 0.131 e. The summed E-state index contributed by atoms with van der Waals surface area (Å²) in [5.41, 5.74) is 2.66. The minimum Gasteiger partial charge on any atom is -0.370 e. The van der Waals surface area contributed by atoms with Crippen LogP contribution in [-0.2, 0) is 6.42 Å². The van der Waals surface area contributed by atoms with Crippen molar-refractivity contribution in [2.24, 2.45) is 0 Å². The van der Waals surface area contributed by atoms with E-state index in [1.54, 1.807) is 11.9 Å². The van der Waals surface area contributed by atoms with Crippen molar-refractivity contribution in [2.75, 3.05) is 23.7 Å². The Morgan fingerprint density at radius 1 is 0.920 bits per heavy atom. The fourth-order valence-corrected chi connectivity index (χ4v) is 3.02. The van der Waals surface area contributed by atoms with Crippen LogP contribution in [-0.4, -0.2) is 23.1 Å². The van der Waals surface area contributed by atoms with E-state index in [-0.39, 0.29) is 5.82 Å². The Hall–Kier alpha value is -2.43. The Kier molecular flexibility index (Phi) is 6.37. The van der Waals surface area contributed by atoms with Crippen LogP contribution in [0.4, 0.5) is 16.0 Å². The zero-order valence-corrected chi connectivity index (χ0v) is 14.5. The number of rotatable bonds is 8. The van der Waals surface area contributed by atoms with E-state index in [0.29, 0.717) is 0 Å². The van der Waals surface area contributed by atoms with E-state index in [0.717, 1.165) is 43.1 Å². The summed E-state index contributed by atoms with van der Waals surface area (Å²) in [6.45, 7) is 1.65. The first-order valence-electron chi connectivity index (χ1n) is 9.02. The van der Waals surface area contributed by atoms with Crippen molar-refractivity contribution < 1.29 is 4.39 Å². The van der Waals surface area contributed by atoms with Gasteiger partial charge >= 0.3 is 0 Å². The molecule has 0 fully saturated rings. The third-order valence-electron chi connectivity index (χ3n) is 4.44. The standard InChI is InChI=1S/C20H25FN4/c21-18-8-6-17(7-9-18)11-13-23-20-14-19(24-15-25-20)22-12-10-16-4-2-1-3-5-16/h4,6-9,14-15H,1-3,5,10-13H2,(H2,22,23,24,25). The largest absolute Gasteiger partial charge is 0.370 e. The van der Waals surface area contributed by atoms with Crippen LogP contribution < -0.4 is 10.6 Å². The molecule has 5 heteroatoms. The molecule has 2 aromatic rings. The predicted octanol–water partition coefficient (Wildman–Crippen LogP) is 4.57. The molecule has 1 aliphatic rings. The number of nitrogens with one attached hydrogen (secondary N) is 2. The highest BCUT2D eigenvalue weighted by atomic mass is 19.1. The summed E-state index contributed by atoms with van der Waals surface area (Å²) in [5, 5.41) is 6.66. The molecule has 1 aromatic heterocycles. The number of hydrogen-bond acceptors (Lipinski definition) is 4. The van der Waals surface area contributed by atoms with Crippen molar-refractivity contribution in [3.8, 4) is 0 Å². The Labute approximate surface area is 148 Å². The van der Waals surface area contributed by atoms with Gasteiger partial charge in [0.05, 0.1) is 0 Å². The topological polar surface area (TPSA) is 49.8 Å². The molecule has 0 aliphatic heterocycles. The lowest BCUT2D eigenvalue weighted by Gasteiger charge is -2.13. The van der Waals surface area contributed by atoms with Crippen LogP contribution >= 0.6 is 0 Å². The molecule has 0 bridgehead atoms. The van der Waals surface area contributed by atoms with Crippen molar-refractivity contribution in [1.29, 1.82) is 0 Å². The van der Waals surface area contributed by atoms with E-state index in [9.17, 15) is 4.39 Å². The van der Waals surface area contributed by atoms with Crippen molar-refractivity contribution in [1.82, 2.24) is 9.97 Å². The first-order chi connectivity index (χ1) is 12.3. The van der Waals surface area contributed by atoms with Crippen LogP contribution in [0.1, 0.15) is 37.7 Å². The first kappa shape index (κ1) is 17.4. The van der Waals surface area contributed by atoms with Crippen LogP contribution in [0.15, 0.2) is 48.3 Å². The maximum atomic E-state index is 12.9. The fourth-order valence-electron chi connectivity index (χ4n) is 3.02. The Bertz CT molecular complexity index is 697. The lowest BCUT2D eigenvalue weighted by molar-refractivity contribution is 0.627. The van der Waals surface area contributed by atoms with Crippen molar-refractivity contribution in [3.63, 3.8) is 0 Å². The molecule has 4 nitrogen and oxygen atoms in total. The van der Waals surface area contributed by atoms with Gasteiger partial charge in [-0.15, -0.1) is 0 Å². The Morgan fingerprint density at radius 2 is 1.64 bits per heavy atom. The summed E-state index contributed by atoms with van der Waals surface area (Å²) in [5.74, 6) is 1.44. The molecule has 132 valence electrons. The molecule has 0 amide bonds. The van der Waals surface area contributed by atoms with Crippen LogP contribution in [0.3, 0.4) is 0 Å². The monoisotopic (exact) mass is 340 g/mol. The van der Waals surface area contributed by atoms with Gasteiger partial charge < -0.3 is 10.6 Å². The SMILES string of the molecule is Fc1ccc(CCNc2cc(NCCC3=CCCCC3)ncn2)cc1. The van der Waals surface area contributed by atoms with Crippen molar-refractivity contribution in [2.45, 2.75) is 38.5 Å². The molecule has 1 heterocycles. The van der Waals surface area contributed by atoms with E-state index in [2.05, 4.69) is 26.7 Å². The summed E-state index contributed by atoms with van der Waals surface area (Å²) < 4.78 is 12.9. The van der Waals surface area contributed by atoms with Gasteiger partial charge in [0.1, 0.15) is 23.8 Å². The van der Waals surface area contributed by atoms with Gasteiger partial charge in [-0.2, -0.15) is 0 Å². The van der Waals surface area contributed by atoms with Crippen LogP contribution in [0.5, 0.6) is 0 Å². The third-order valence-corrected chi connectivity index (χ3v) is 4.44. The Balaban J connectivity index is 1.42. The number of hydrogen-bond donors (Lipinski definition) is 2. The normalized spacial score (nSPS) is 14.0.